The number of hydrogen-bond acceptors (Lipinski definition) is 2. The molecule has 0 aliphatic heterocycles. The maximum Gasteiger partial charge on any atom is 0.0705 e. The fraction of sp³-hybridized carbons (Fsp3) is 0.133. The lowest BCUT2D eigenvalue weighted by Crippen LogP contribution is -2.13. The Morgan fingerprint density at radius 2 is 2.00 bits per heavy atom. The van der Waals surface area contributed by atoms with Crippen LogP contribution in [-0.2, 0) is 13.1 Å². The fourth-order valence-corrected chi connectivity index (χ4v) is 2.40. The van der Waals surface area contributed by atoms with Crippen molar-refractivity contribution in [1.82, 2.24) is 15.3 Å². The lowest BCUT2D eigenvalue weighted by molar-refractivity contribution is 0.682. The molecule has 96 valence electrons. The molecule has 0 aliphatic rings. The minimum absolute atomic E-state index is 0.711. The largest absolute Gasteiger partial charge is 0.356 e. The smallest absolute Gasteiger partial charge is 0.0705 e. The summed E-state index contributed by atoms with van der Waals surface area (Å²) in [6, 6.07) is 12.0. The van der Waals surface area contributed by atoms with E-state index in [9.17, 15) is 0 Å². The molecule has 0 aliphatic carbocycles. The van der Waals surface area contributed by atoms with Crippen molar-refractivity contribution in [3.8, 4) is 0 Å². The van der Waals surface area contributed by atoms with Crippen LogP contribution in [0.5, 0.6) is 0 Å². The molecule has 0 radical (unpaired) electrons. The van der Waals surface area contributed by atoms with Crippen molar-refractivity contribution in [2.75, 3.05) is 0 Å². The van der Waals surface area contributed by atoms with Crippen LogP contribution in [0.15, 0.2) is 48.8 Å². The summed E-state index contributed by atoms with van der Waals surface area (Å²) >= 11 is 6.36. The van der Waals surface area contributed by atoms with Crippen LogP contribution in [0.25, 0.3) is 10.9 Å². The zero-order valence-corrected chi connectivity index (χ0v) is 11.1. The number of hydrogen-bond donors (Lipinski definition) is 2. The van der Waals surface area contributed by atoms with Crippen molar-refractivity contribution >= 4 is 22.5 Å². The van der Waals surface area contributed by atoms with Crippen LogP contribution in [0.4, 0.5) is 0 Å². The van der Waals surface area contributed by atoms with Gasteiger partial charge in [-0.2, -0.15) is 0 Å². The van der Waals surface area contributed by atoms with E-state index in [-0.39, 0.29) is 0 Å². The SMILES string of the molecule is Clc1c(CNCc2cccnc2)[nH]c2ccccc12. The summed E-state index contributed by atoms with van der Waals surface area (Å²) < 4.78 is 0. The van der Waals surface area contributed by atoms with Crippen molar-refractivity contribution < 1.29 is 0 Å². The van der Waals surface area contributed by atoms with Crippen molar-refractivity contribution in [1.29, 1.82) is 0 Å². The van der Waals surface area contributed by atoms with E-state index < -0.39 is 0 Å². The highest BCUT2D eigenvalue weighted by atomic mass is 35.5. The second-order valence-corrected chi connectivity index (χ2v) is 4.81. The van der Waals surface area contributed by atoms with Crippen LogP contribution in [0.2, 0.25) is 5.02 Å². The highest BCUT2D eigenvalue weighted by molar-refractivity contribution is 6.36. The third-order valence-corrected chi connectivity index (χ3v) is 3.50. The number of para-hydroxylation sites is 1. The molecule has 3 rings (SSSR count). The number of nitrogens with one attached hydrogen (secondary N) is 2. The van der Waals surface area contributed by atoms with E-state index in [1.54, 1.807) is 6.20 Å². The molecule has 2 aromatic heterocycles. The Balaban J connectivity index is 1.70. The van der Waals surface area contributed by atoms with Crippen molar-refractivity contribution in [2.24, 2.45) is 0 Å². The number of aromatic amines is 1. The van der Waals surface area contributed by atoms with E-state index in [2.05, 4.69) is 15.3 Å². The average Bonchev–Trinajstić information content (AvgIpc) is 2.78. The molecule has 4 heteroatoms. The topological polar surface area (TPSA) is 40.7 Å². The third-order valence-electron chi connectivity index (χ3n) is 3.07. The van der Waals surface area contributed by atoms with E-state index in [1.807, 2.05) is 42.6 Å². The molecular formula is C15H14ClN3. The van der Waals surface area contributed by atoms with Gasteiger partial charge in [-0.15, -0.1) is 0 Å². The maximum absolute atomic E-state index is 6.36. The Kier molecular flexibility index (Phi) is 3.49. The molecule has 0 unspecified atom stereocenters. The van der Waals surface area contributed by atoms with E-state index in [1.165, 1.54) is 0 Å². The van der Waals surface area contributed by atoms with Gasteiger partial charge in [-0.05, 0) is 17.7 Å². The summed E-state index contributed by atoms with van der Waals surface area (Å²) in [6.07, 6.45) is 3.64. The fourth-order valence-electron chi connectivity index (χ4n) is 2.12. The first-order valence-corrected chi connectivity index (χ1v) is 6.57. The zero-order valence-electron chi connectivity index (χ0n) is 10.4. The Morgan fingerprint density at radius 3 is 2.79 bits per heavy atom. The quantitative estimate of drug-likeness (QED) is 0.762. The Bertz CT molecular complexity index is 676. The van der Waals surface area contributed by atoms with Gasteiger partial charge in [0.05, 0.1) is 5.02 Å². The van der Waals surface area contributed by atoms with Crippen LogP contribution in [0, 0.1) is 0 Å². The molecule has 3 nitrogen and oxygen atoms in total. The molecule has 0 amide bonds. The van der Waals surface area contributed by atoms with Crippen LogP contribution in [0.3, 0.4) is 0 Å². The molecule has 0 saturated heterocycles. The summed E-state index contributed by atoms with van der Waals surface area (Å²) in [7, 11) is 0. The second kappa shape index (κ2) is 5.43. The molecular weight excluding hydrogens is 258 g/mol. The van der Waals surface area contributed by atoms with E-state index in [0.29, 0.717) is 6.54 Å². The molecule has 3 aromatic rings. The first kappa shape index (κ1) is 12.2. The molecule has 19 heavy (non-hydrogen) atoms. The van der Waals surface area contributed by atoms with Gasteiger partial charge in [-0.25, -0.2) is 0 Å². The summed E-state index contributed by atoms with van der Waals surface area (Å²) in [5.41, 5.74) is 3.26. The van der Waals surface area contributed by atoms with Gasteiger partial charge >= 0.3 is 0 Å². The lowest BCUT2D eigenvalue weighted by atomic mass is 10.2. The van der Waals surface area contributed by atoms with Gasteiger partial charge in [0.1, 0.15) is 0 Å². The summed E-state index contributed by atoms with van der Waals surface area (Å²) in [5, 5.41) is 5.24. The normalized spacial score (nSPS) is 11.0. The molecule has 0 fully saturated rings. The molecule has 2 heterocycles. The molecule has 2 N–H and O–H groups in total. The van der Waals surface area contributed by atoms with Crippen LogP contribution in [0.1, 0.15) is 11.3 Å². The van der Waals surface area contributed by atoms with Crippen molar-refractivity contribution in [3.63, 3.8) is 0 Å². The number of pyridine rings is 1. The van der Waals surface area contributed by atoms with Crippen LogP contribution >= 0.6 is 11.6 Å². The number of fused-ring (bicyclic) bond motifs is 1. The number of aromatic nitrogens is 2. The highest BCUT2D eigenvalue weighted by Gasteiger charge is 2.07. The first-order chi connectivity index (χ1) is 9.34. The van der Waals surface area contributed by atoms with E-state index >= 15 is 0 Å². The van der Waals surface area contributed by atoms with Crippen LogP contribution in [-0.4, -0.2) is 9.97 Å². The van der Waals surface area contributed by atoms with Crippen molar-refractivity contribution in [2.45, 2.75) is 13.1 Å². The number of halogens is 1. The number of H-pyrrole nitrogens is 1. The molecule has 0 saturated carbocycles. The number of nitrogens with zero attached hydrogens (tertiary/aromatic N) is 1. The Morgan fingerprint density at radius 1 is 1.11 bits per heavy atom. The third kappa shape index (κ3) is 2.62. The van der Waals surface area contributed by atoms with Gasteiger partial charge in [-0.1, -0.05) is 35.9 Å². The predicted octanol–water partition coefficient (Wildman–Crippen LogP) is 3.51. The lowest BCUT2D eigenvalue weighted by Gasteiger charge is -2.03. The molecule has 0 atom stereocenters. The molecule has 0 spiro atoms. The highest BCUT2D eigenvalue weighted by Crippen LogP contribution is 2.26. The zero-order chi connectivity index (χ0) is 13.1. The van der Waals surface area contributed by atoms with E-state index in [0.717, 1.165) is 33.7 Å². The van der Waals surface area contributed by atoms with Gasteiger partial charge in [0.2, 0.25) is 0 Å². The summed E-state index contributed by atoms with van der Waals surface area (Å²) in [4.78, 5) is 7.43. The maximum atomic E-state index is 6.36. The second-order valence-electron chi connectivity index (χ2n) is 4.43. The van der Waals surface area contributed by atoms with Gasteiger partial charge < -0.3 is 10.3 Å². The molecule has 0 bridgehead atoms. The minimum Gasteiger partial charge on any atom is -0.356 e. The predicted molar refractivity (Wildman–Crippen MR) is 78.1 cm³/mol. The summed E-state index contributed by atoms with van der Waals surface area (Å²) in [6.45, 7) is 1.49. The monoisotopic (exact) mass is 271 g/mol. The molecule has 1 aromatic carbocycles. The van der Waals surface area contributed by atoms with E-state index in [4.69, 9.17) is 11.6 Å². The average molecular weight is 272 g/mol. The minimum atomic E-state index is 0.711. The number of rotatable bonds is 4. The Labute approximate surface area is 116 Å². The van der Waals surface area contributed by atoms with Crippen molar-refractivity contribution in [3.05, 3.63) is 65.1 Å². The van der Waals surface area contributed by atoms with Gasteiger partial charge in [0, 0.05) is 42.1 Å². The van der Waals surface area contributed by atoms with Gasteiger partial charge in [0.15, 0.2) is 0 Å². The summed E-state index contributed by atoms with van der Waals surface area (Å²) in [5.74, 6) is 0. The number of benzene rings is 1. The standard InChI is InChI=1S/C15H14ClN3/c16-15-12-5-1-2-6-13(12)19-14(15)10-18-9-11-4-3-7-17-8-11/h1-8,18-19H,9-10H2. The van der Waals surface area contributed by atoms with Gasteiger partial charge in [-0.3, -0.25) is 4.98 Å². The Hall–Kier alpha value is -1.84. The first-order valence-electron chi connectivity index (χ1n) is 6.19. The van der Waals surface area contributed by atoms with Crippen LogP contribution < -0.4 is 5.32 Å². The van der Waals surface area contributed by atoms with Gasteiger partial charge in [0.25, 0.3) is 0 Å².